The third kappa shape index (κ3) is 4.55. The van der Waals surface area contributed by atoms with Crippen LogP contribution >= 0.6 is 0 Å². The van der Waals surface area contributed by atoms with Gasteiger partial charge in [-0.05, 0) is 48.9 Å². The molecule has 3 aromatic carbocycles. The standard InChI is InChI=1S/C28H28N2O4/c1-2-33-22-14-12-20(13-15-22)26(30-16-18-32-19-17-30)27-25(23-10-6-7-11-24(23)34-27)29-28(31)21-8-4-3-5-9-21/h3-15,26H,2,16-19H2,1H3,(H,29,31)/t26-/m0/s1. The first kappa shape index (κ1) is 22.2. The maximum absolute atomic E-state index is 13.2. The van der Waals surface area contributed by atoms with E-state index in [2.05, 4.69) is 22.3 Å². The lowest BCUT2D eigenvalue weighted by Crippen LogP contribution is -2.39. The molecule has 4 aromatic rings. The number of ether oxygens (including phenoxy) is 2. The highest BCUT2D eigenvalue weighted by Crippen LogP contribution is 2.41. The molecule has 0 saturated carbocycles. The molecule has 0 aliphatic carbocycles. The Morgan fingerprint density at radius 3 is 2.41 bits per heavy atom. The number of rotatable bonds is 7. The van der Waals surface area contributed by atoms with Crippen molar-refractivity contribution in [1.29, 1.82) is 0 Å². The first-order valence-electron chi connectivity index (χ1n) is 11.7. The second-order valence-electron chi connectivity index (χ2n) is 8.21. The van der Waals surface area contributed by atoms with Gasteiger partial charge in [0.25, 0.3) is 5.91 Å². The Labute approximate surface area is 199 Å². The molecule has 0 bridgehead atoms. The number of furan rings is 1. The molecule has 6 heteroatoms. The summed E-state index contributed by atoms with van der Waals surface area (Å²) in [6, 6.07) is 25.0. The molecular formula is C28H28N2O4. The molecule has 174 valence electrons. The van der Waals surface area contributed by atoms with Gasteiger partial charge in [-0.3, -0.25) is 9.69 Å². The van der Waals surface area contributed by atoms with Crippen molar-refractivity contribution < 1.29 is 18.7 Å². The van der Waals surface area contributed by atoms with Crippen LogP contribution in [0.25, 0.3) is 11.0 Å². The number of hydrogen-bond donors (Lipinski definition) is 1. The van der Waals surface area contributed by atoms with Gasteiger partial charge < -0.3 is 19.2 Å². The van der Waals surface area contributed by atoms with Crippen LogP contribution in [0, 0.1) is 0 Å². The molecule has 0 spiro atoms. The highest BCUT2D eigenvalue weighted by Gasteiger charge is 2.31. The monoisotopic (exact) mass is 456 g/mol. The summed E-state index contributed by atoms with van der Waals surface area (Å²) in [7, 11) is 0. The van der Waals surface area contributed by atoms with E-state index in [1.165, 1.54) is 0 Å². The Balaban J connectivity index is 1.60. The van der Waals surface area contributed by atoms with Crippen LogP contribution in [0.15, 0.2) is 83.3 Å². The number of morpholine rings is 1. The van der Waals surface area contributed by atoms with Crippen LogP contribution in [0.2, 0.25) is 0 Å². The van der Waals surface area contributed by atoms with Crippen LogP contribution < -0.4 is 10.1 Å². The zero-order valence-corrected chi connectivity index (χ0v) is 19.2. The van der Waals surface area contributed by atoms with E-state index < -0.39 is 0 Å². The van der Waals surface area contributed by atoms with Crippen molar-refractivity contribution in [3.05, 3.63) is 95.7 Å². The molecule has 2 heterocycles. The van der Waals surface area contributed by atoms with Gasteiger partial charge in [0, 0.05) is 24.0 Å². The summed E-state index contributed by atoms with van der Waals surface area (Å²) in [4.78, 5) is 15.5. The number of fused-ring (bicyclic) bond motifs is 1. The van der Waals surface area contributed by atoms with Crippen molar-refractivity contribution in [2.75, 3.05) is 38.2 Å². The van der Waals surface area contributed by atoms with E-state index in [4.69, 9.17) is 13.9 Å². The largest absolute Gasteiger partial charge is 0.494 e. The summed E-state index contributed by atoms with van der Waals surface area (Å²) in [5, 5.41) is 4.04. The number of carbonyl (C=O) groups excluding carboxylic acids is 1. The van der Waals surface area contributed by atoms with E-state index in [0.29, 0.717) is 31.1 Å². The van der Waals surface area contributed by atoms with Gasteiger partial charge in [0.05, 0.1) is 31.5 Å². The van der Waals surface area contributed by atoms with Crippen LogP contribution in [0.3, 0.4) is 0 Å². The SMILES string of the molecule is CCOc1ccc([C@@H](c2oc3ccccc3c2NC(=O)c2ccccc2)N2CCOCC2)cc1. The summed E-state index contributed by atoms with van der Waals surface area (Å²) >= 11 is 0. The van der Waals surface area contributed by atoms with E-state index in [9.17, 15) is 4.79 Å². The minimum absolute atomic E-state index is 0.166. The first-order chi connectivity index (χ1) is 16.7. The van der Waals surface area contributed by atoms with E-state index in [-0.39, 0.29) is 11.9 Å². The van der Waals surface area contributed by atoms with Gasteiger partial charge in [0.2, 0.25) is 0 Å². The number of benzene rings is 3. The third-order valence-corrected chi connectivity index (χ3v) is 6.06. The van der Waals surface area contributed by atoms with Crippen molar-refractivity contribution in [1.82, 2.24) is 4.90 Å². The molecule has 1 aromatic heterocycles. The molecule has 5 rings (SSSR count). The number of nitrogens with one attached hydrogen (secondary N) is 1. The maximum Gasteiger partial charge on any atom is 0.255 e. The predicted octanol–water partition coefficient (Wildman–Crippen LogP) is 5.51. The summed E-state index contributed by atoms with van der Waals surface area (Å²) < 4.78 is 17.7. The molecule has 1 aliphatic rings. The Hall–Kier alpha value is -3.61. The van der Waals surface area contributed by atoms with E-state index in [0.717, 1.165) is 41.1 Å². The van der Waals surface area contributed by atoms with Gasteiger partial charge >= 0.3 is 0 Å². The van der Waals surface area contributed by atoms with Crippen molar-refractivity contribution in [3.8, 4) is 5.75 Å². The van der Waals surface area contributed by atoms with Gasteiger partial charge in [-0.1, -0.05) is 42.5 Å². The zero-order valence-electron chi connectivity index (χ0n) is 19.2. The van der Waals surface area contributed by atoms with Crippen molar-refractivity contribution >= 4 is 22.6 Å². The molecule has 1 N–H and O–H groups in total. The van der Waals surface area contributed by atoms with Crippen LogP contribution in [0.1, 0.15) is 34.6 Å². The second-order valence-corrected chi connectivity index (χ2v) is 8.21. The van der Waals surface area contributed by atoms with Gasteiger partial charge in [-0.15, -0.1) is 0 Å². The molecule has 1 saturated heterocycles. The summed E-state index contributed by atoms with van der Waals surface area (Å²) in [6.07, 6.45) is 0. The predicted molar refractivity (Wildman–Crippen MR) is 132 cm³/mol. The molecular weight excluding hydrogens is 428 g/mol. The van der Waals surface area contributed by atoms with Gasteiger partial charge in [-0.2, -0.15) is 0 Å². The Bertz CT molecular complexity index is 1240. The zero-order chi connectivity index (χ0) is 23.3. The molecule has 1 fully saturated rings. The van der Waals surface area contributed by atoms with E-state index >= 15 is 0 Å². The molecule has 1 atom stereocenters. The van der Waals surface area contributed by atoms with E-state index in [1.807, 2.05) is 73.7 Å². The number of para-hydroxylation sites is 1. The highest BCUT2D eigenvalue weighted by molar-refractivity contribution is 6.09. The Morgan fingerprint density at radius 2 is 1.68 bits per heavy atom. The Morgan fingerprint density at radius 1 is 0.971 bits per heavy atom. The van der Waals surface area contributed by atoms with E-state index in [1.54, 1.807) is 0 Å². The smallest absolute Gasteiger partial charge is 0.255 e. The number of carbonyl (C=O) groups is 1. The molecule has 34 heavy (non-hydrogen) atoms. The highest BCUT2D eigenvalue weighted by atomic mass is 16.5. The van der Waals surface area contributed by atoms with Crippen LogP contribution in [-0.4, -0.2) is 43.7 Å². The number of hydrogen-bond acceptors (Lipinski definition) is 5. The van der Waals surface area contributed by atoms with Crippen molar-refractivity contribution in [2.24, 2.45) is 0 Å². The molecule has 1 aliphatic heterocycles. The van der Waals surface area contributed by atoms with Gasteiger partial charge in [-0.25, -0.2) is 0 Å². The normalized spacial score (nSPS) is 15.2. The number of amides is 1. The number of nitrogens with zero attached hydrogens (tertiary/aromatic N) is 1. The Kier molecular flexibility index (Phi) is 6.60. The lowest BCUT2D eigenvalue weighted by molar-refractivity contribution is 0.0206. The average molecular weight is 457 g/mol. The van der Waals surface area contributed by atoms with Gasteiger partial charge in [0.15, 0.2) is 0 Å². The second kappa shape index (κ2) is 10.1. The summed E-state index contributed by atoms with van der Waals surface area (Å²) in [5.41, 5.74) is 3.11. The maximum atomic E-state index is 13.2. The lowest BCUT2D eigenvalue weighted by Gasteiger charge is -2.34. The molecule has 0 radical (unpaired) electrons. The van der Waals surface area contributed by atoms with Crippen LogP contribution in [0.4, 0.5) is 5.69 Å². The fourth-order valence-electron chi connectivity index (χ4n) is 4.44. The fraction of sp³-hybridized carbons (Fsp3) is 0.250. The first-order valence-corrected chi connectivity index (χ1v) is 11.7. The van der Waals surface area contributed by atoms with Gasteiger partial charge in [0.1, 0.15) is 17.1 Å². The summed E-state index contributed by atoms with van der Waals surface area (Å²) in [6.45, 7) is 5.42. The van der Waals surface area contributed by atoms with Crippen molar-refractivity contribution in [2.45, 2.75) is 13.0 Å². The van der Waals surface area contributed by atoms with Crippen LogP contribution in [0.5, 0.6) is 5.75 Å². The average Bonchev–Trinajstić information content (AvgIpc) is 3.24. The molecule has 1 amide bonds. The lowest BCUT2D eigenvalue weighted by atomic mass is 10.00. The number of anilines is 1. The molecule has 6 nitrogen and oxygen atoms in total. The molecule has 0 unspecified atom stereocenters. The summed E-state index contributed by atoms with van der Waals surface area (Å²) in [5.74, 6) is 1.38. The minimum atomic E-state index is -0.182. The topological polar surface area (TPSA) is 63.9 Å². The third-order valence-electron chi connectivity index (χ3n) is 6.06. The quantitative estimate of drug-likeness (QED) is 0.398. The van der Waals surface area contributed by atoms with Crippen molar-refractivity contribution in [3.63, 3.8) is 0 Å². The minimum Gasteiger partial charge on any atom is -0.494 e. The fourth-order valence-corrected chi connectivity index (χ4v) is 4.44. The van der Waals surface area contributed by atoms with Crippen LogP contribution in [-0.2, 0) is 4.74 Å².